The second kappa shape index (κ2) is 6.54. The van der Waals surface area contributed by atoms with Crippen molar-refractivity contribution in [3.63, 3.8) is 0 Å². The Balaban J connectivity index is 1.85. The molecule has 3 rings (SSSR count). The van der Waals surface area contributed by atoms with Gasteiger partial charge in [0.05, 0.1) is 16.3 Å². The zero-order valence-electron chi connectivity index (χ0n) is 13.4. The van der Waals surface area contributed by atoms with E-state index in [0.717, 1.165) is 18.5 Å². The predicted molar refractivity (Wildman–Crippen MR) is 94.4 cm³/mol. The van der Waals surface area contributed by atoms with E-state index in [4.69, 9.17) is 0 Å². The first-order chi connectivity index (χ1) is 11.1. The third kappa shape index (κ3) is 3.15. The molecule has 1 aromatic heterocycles. The van der Waals surface area contributed by atoms with Gasteiger partial charge in [-0.3, -0.25) is 9.59 Å². The number of hydrogen-bond acceptors (Lipinski definition) is 3. The molecule has 1 fully saturated rings. The number of hydrogen-bond donors (Lipinski definition) is 1. The fraction of sp³-hybridized carbons (Fsp3) is 0.333. The van der Waals surface area contributed by atoms with Crippen LogP contribution in [-0.2, 0) is 11.2 Å². The van der Waals surface area contributed by atoms with Crippen LogP contribution in [0.15, 0.2) is 30.3 Å². The molecule has 1 aliphatic heterocycles. The highest BCUT2D eigenvalue weighted by molar-refractivity contribution is 7.14. The Bertz CT molecular complexity index is 751. The molecule has 0 aliphatic carbocycles. The fourth-order valence-corrected chi connectivity index (χ4v) is 3.89. The maximum Gasteiger partial charge on any atom is 0.265 e. The summed E-state index contributed by atoms with van der Waals surface area (Å²) in [5.41, 5.74) is 2.69. The number of carbonyl (C=O) groups excluding carboxylic acids is 2. The summed E-state index contributed by atoms with van der Waals surface area (Å²) >= 11 is 1.51. The van der Waals surface area contributed by atoms with E-state index < -0.39 is 0 Å². The number of aryl methyl sites for hydroxylation is 2. The van der Waals surface area contributed by atoms with Crippen LogP contribution in [0.4, 0.5) is 11.4 Å². The smallest absolute Gasteiger partial charge is 0.265 e. The quantitative estimate of drug-likeness (QED) is 0.922. The molecule has 1 N–H and O–H groups in total. The van der Waals surface area contributed by atoms with Crippen LogP contribution in [0.25, 0.3) is 0 Å². The number of para-hydroxylation sites is 2. The van der Waals surface area contributed by atoms with Crippen molar-refractivity contribution in [1.29, 1.82) is 0 Å². The van der Waals surface area contributed by atoms with Crippen LogP contribution in [0.2, 0.25) is 0 Å². The van der Waals surface area contributed by atoms with Gasteiger partial charge >= 0.3 is 0 Å². The van der Waals surface area contributed by atoms with Gasteiger partial charge in [-0.2, -0.15) is 0 Å². The Morgan fingerprint density at radius 2 is 2.13 bits per heavy atom. The van der Waals surface area contributed by atoms with Crippen LogP contribution in [0.1, 0.15) is 39.9 Å². The summed E-state index contributed by atoms with van der Waals surface area (Å²) in [5, 5.41) is 2.97. The van der Waals surface area contributed by atoms with E-state index in [2.05, 4.69) is 12.2 Å². The third-order valence-corrected chi connectivity index (χ3v) is 5.23. The number of benzene rings is 1. The van der Waals surface area contributed by atoms with Gasteiger partial charge in [0.1, 0.15) is 0 Å². The Morgan fingerprint density at radius 3 is 2.78 bits per heavy atom. The highest BCUT2D eigenvalue weighted by Gasteiger charge is 2.24. The van der Waals surface area contributed by atoms with Crippen molar-refractivity contribution in [3.8, 4) is 0 Å². The van der Waals surface area contributed by atoms with Crippen LogP contribution in [0.5, 0.6) is 0 Å². The molecule has 2 heterocycles. The molecule has 4 nitrogen and oxygen atoms in total. The largest absolute Gasteiger partial charge is 0.319 e. The SMILES string of the molecule is CCc1cc(C(=O)Nc2ccccc2N2CCCC2=O)sc1C. The number of carbonyl (C=O) groups is 2. The highest BCUT2D eigenvalue weighted by atomic mass is 32.1. The normalized spacial score (nSPS) is 14.3. The Kier molecular flexibility index (Phi) is 4.48. The van der Waals surface area contributed by atoms with Crippen LogP contribution in [0.3, 0.4) is 0 Å². The van der Waals surface area contributed by atoms with E-state index in [0.29, 0.717) is 23.5 Å². The number of amides is 2. The van der Waals surface area contributed by atoms with Crippen molar-refractivity contribution >= 4 is 34.5 Å². The minimum Gasteiger partial charge on any atom is -0.319 e. The molecule has 23 heavy (non-hydrogen) atoms. The van der Waals surface area contributed by atoms with E-state index in [-0.39, 0.29) is 11.8 Å². The zero-order chi connectivity index (χ0) is 16.4. The minimum absolute atomic E-state index is 0.114. The van der Waals surface area contributed by atoms with E-state index in [1.54, 1.807) is 4.90 Å². The summed E-state index contributed by atoms with van der Waals surface area (Å²) < 4.78 is 0. The molecular formula is C18H20N2O2S. The maximum atomic E-state index is 12.5. The number of nitrogens with one attached hydrogen (secondary N) is 1. The second-order valence-electron chi connectivity index (χ2n) is 5.67. The topological polar surface area (TPSA) is 49.4 Å². The Morgan fingerprint density at radius 1 is 1.35 bits per heavy atom. The maximum absolute atomic E-state index is 12.5. The Labute approximate surface area is 140 Å². The van der Waals surface area contributed by atoms with Gasteiger partial charge < -0.3 is 10.2 Å². The van der Waals surface area contributed by atoms with E-state index in [1.807, 2.05) is 37.3 Å². The monoisotopic (exact) mass is 328 g/mol. The van der Waals surface area contributed by atoms with Gasteiger partial charge in [0.15, 0.2) is 0 Å². The zero-order valence-corrected chi connectivity index (χ0v) is 14.2. The van der Waals surface area contributed by atoms with Gasteiger partial charge in [-0.05, 0) is 43.5 Å². The first-order valence-electron chi connectivity index (χ1n) is 7.90. The highest BCUT2D eigenvalue weighted by Crippen LogP contribution is 2.30. The van der Waals surface area contributed by atoms with Crippen molar-refractivity contribution in [3.05, 3.63) is 45.6 Å². The number of anilines is 2. The van der Waals surface area contributed by atoms with Gasteiger partial charge in [-0.1, -0.05) is 19.1 Å². The molecule has 120 valence electrons. The first kappa shape index (κ1) is 15.7. The molecule has 0 unspecified atom stereocenters. The van der Waals surface area contributed by atoms with Crippen molar-refractivity contribution in [2.75, 3.05) is 16.8 Å². The van der Waals surface area contributed by atoms with Gasteiger partial charge in [-0.25, -0.2) is 0 Å². The van der Waals surface area contributed by atoms with E-state index >= 15 is 0 Å². The molecule has 1 aromatic carbocycles. The summed E-state index contributed by atoms with van der Waals surface area (Å²) in [6, 6.07) is 9.45. The molecule has 2 aromatic rings. The van der Waals surface area contributed by atoms with Crippen molar-refractivity contribution in [2.24, 2.45) is 0 Å². The van der Waals surface area contributed by atoms with Gasteiger partial charge in [0, 0.05) is 17.8 Å². The molecule has 0 spiro atoms. The van der Waals surface area contributed by atoms with Gasteiger partial charge in [0.25, 0.3) is 5.91 Å². The van der Waals surface area contributed by atoms with Gasteiger partial charge in [0.2, 0.25) is 5.91 Å². The third-order valence-electron chi connectivity index (χ3n) is 4.14. The molecule has 0 bridgehead atoms. The average Bonchev–Trinajstić information content (AvgIpc) is 3.13. The second-order valence-corrected chi connectivity index (χ2v) is 6.92. The molecule has 5 heteroatoms. The van der Waals surface area contributed by atoms with Crippen LogP contribution >= 0.6 is 11.3 Å². The molecule has 2 amide bonds. The fourth-order valence-electron chi connectivity index (χ4n) is 2.88. The molecule has 1 aliphatic rings. The number of rotatable bonds is 4. The summed E-state index contributed by atoms with van der Waals surface area (Å²) in [5.74, 6) is 0.00355. The van der Waals surface area contributed by atoms with Crippen molar-refractivity contribution in [1.82, 2.24) is 0 Å². The first-order valence-corrected chi connectivity index (χ1v) is 8.72. The summed E-state index contributed by atoms with van der Waals surface area (Å²) in [6.07, 6.45) is 2.37. The van der Waals surface area contributed by atoms with E-state index in [9.17, 15) is 9.59 Å². The molecular weight excluding hydrogens is 308 g/mol. The lowest BCUT2D eigenvalue weighted by Gasteiger charge is -2.19. The predicted octanol–water partition coefficient (Wildman–Crippen LogP) is 4.00. The number of thiophene rings is 1. The van der Waals surface area contributed by atoms with Crippen molar-refractivity contribution < 1.29 is 9.59 Å². The summed E-state index contributed by atoms with van der Waals surface area (Å²) in [4.78, 5) is 28.2. The lowest BCUT2D eigenvalue weighted by atomic mass is 10.2. The number of nitrogens with zero attached hydrogens (tertiary/aromatic N) is 1. The van der Waals surface area contributed by atoms with Crippen molar-refractivity contribution in [2.45, 2.75) is 33.1 Å². The lowest BCUT2D eigenvalue weighted by molar-refractivity contribution is -0.117. The Hall–Kier alpha value is -2.14. The molecule has 0 atom stereocenters. The summed E-state index contributed by atoms with van der Waals surface area (Å²) in [6.45, 7) is 4.84. The van der Waals surface area contributed by atoms with Crippen LogP contribution in [0, 0.1) is 6.92 Å². The molecule has 0 radical (unpaired) electrons. The molecule has 1 saturated heterocycles. The van der Waals surface area contributed by atoms with Crippen LogP contribution in [-0.4, -0.2) is 18.4 Å². The molecule has 0 saturated carbocycles. The van der Waals surface area contributed by atoms with Gasteiger partial charge in [-0.15, -0.1) is 11.3 Å². The minimum atomic E-state index is -0.114. The average molecular weight is 328 g/mol. The summed E-state index contributed by atoms with van der Waals surface area (Å²) in [7, 11) is 0. The standard InChI is InChI=1S/C18H20N2O2S/c1-3-13-11-16(23-12(13)2)18(22)19-14-7-4-5-8-15(14)20-10-6-9-17(20)21/h4-5,7-8,11H,3,6,9-10H2,1-2H3,(H,19,22). The van der Waals surface area contributed by atoms with Crippen LogP contribution < -0.4 is 10.2 Å². The lowest BCUT2D eigenvalue weighted by Crippen LogP contribution is -2.25. The van der Waals surface area contributed by atoms with E-state index in [1.165, 1.54) is 21.8 Å².